The van der Waals surface area contributed by atoms with Crippen LogP contribution in [0.5, 0.6) is 0 Å². The summed E-state index contributed by atoms with van der Waals surface area (Å²) >= 11 is 2.02. The highest BCUT2D eigenvalue weighted by Gasteiger charge is 2.29. The molecule has 0 bridgehead atoms. The maximum atomic E-state index is 5.21. The highest BCUT2D eigenvalue weighted by molar-refractivity contribution is 8.00. The van der Waals surface area contributed by atoms with Crippen LogP contribution in [0.4, 0.5) is 0 Å². The molecular weight excluding hydrogens is 266 g/mol. The van der Waals surface area contributed by atoms with E-state index in [4.69, 9.17) is 4.42 Å². The Morgan fingerprint density at radius 2 is 2.25 bits per heavy atom. The average molecular weight is 287 g/mol. The molecule has 3 heteroatoms. The fraction of sp³-hybridized carbons (Fsp3) is 0.412. The van der Waals surface area contributed by atoms with Crippen molar-refractivity contribution in [2.24, 2.45) is 0 Å². The van der Waals surface area contributed by atoms with Crippen molar-refractivity contribution in [2.75, 3.05) is 6.54 Å². The second-order valence-electron chi connectivity index (χ2n) is 5.36. The summed E-state index contributed by atoms with van der Waals surface area (Å²) in [6.07, 6.45) is 7.02. The summed E-state index contributed by atoms with van der Waals surface area (Å²) in [6.45, 7) is 3.30. The van der Waals surface area contributed by atoms with E-state index in [1.807, 2.05) is 18.0 Å². The quantitative estimate of drug-likeness (QED) is 0.872. The van der Waals surface area contributed by atoms with Gasteiger partial charge in [0.05, 0.1) is 12.5 Å². The van der Waals surface area contributed by atoms with Crippen LogP contribution < -0.4 is 5.32 Å². The number of hydrogen-bond donors (Lipinski definition) is 1. The van der Waals surface area contributed by atoms with Gasteiger partial charge < -0.3 is 9.73 Å². The molecule has 2 aromatic rings. The van der Waals surface area contributed by atoms with Crippen LogP contribution in [0.1, 0.15) is 24.5 Å². The Bertz CT molecular complexity index is 513. The zero-order valence-corrected chi connectivity index (χ0v) is 12.7. The molecule has 106 valence electrons. The predicted octanol–water partition coefficient (Wildman–Crippen LogP) is 3.91. The second-order valence-corrected chi connectivity index (χ2v) is 6.65. The van der Waals surface area contributed by atoms with Crippen molar-refractivity contribution in [2.45, 2.75) is 42.4 Å². The Balaban J connectivity index is 1.70. The topological polar surface area (TPSA) is 25.2 Å². The third-order valence-corrected chi connectivity index (χ3v) is 5.26. The van der Waals surface area contributed by atoms with E-state index in [-0.39, 0.29) is 0 Å². The lowest BCUT2D eigenvalue weighted by Gasteiger charge is -2.23. The molecule has 0 radical (unpaired) electrons. The van der Waals surface area contributed by atoms with Crippen LogP contribution in [-0.2, 0) is 12.8 Å². The lowest BCUT2D eigenvalue weighted by atomic mass is 10.00. The van der Waals surface area contributed by atoms with E-state index in [1.54, 1.807) is 6.26 Å². The highest BCUT2D eigenvalue weighted by atomic mass is 32.2. The van der Waals surface area contributed by atoms with Crippen molar-refractivity contribution in [3.63, 3.8) is 0 Å². The summed E-state index contributed by atoms with van der Waals surface area (Å²) in [5.41, 5.74) is 2.79. The number of thioether (sulfide) groups is 1. The Morgan fingerprint density at radius 1 is 1.35 bits per heavy atom. The van der Waals surface area contributed by atoms with Crippen molar-refractivity contribution in [1.82, 2.24) is 5.32 Å². The van der Waals surface area contributed by atoms with Crippen LogP contribution in [0.25, 0.3) is 0 Å². The van der Waals surface area contributed by atoms with Gasteiger partial charge in [0.1, 0.15) is 0 Å². The van der Waals surface area contributed by atoms with Gasteiger partial charge >= 0.3 is 0 Å². The van der Waals surface area contributed by atoms with Gasteiger partial charge in [-0.1, -0.05) is 25.1 Å². The van der Waals surface area contributed by atoms with E-state index >= 15 is 0 Å². The van der Waals surface area contributed by atoms with Crippen molar-refractivity contribution < 1.29 is 4.42 Å². The number of hydrogen-bond acceptors (Lipinski definition) is 3. The van der Waals surface area contributed by atoms with E-state index < -0.39 is 0 Å². The molecule has 0 saturated carbocycles. The standard InChI is InChI=1S/C17H21NOS/c1-2-8-18-15(10-13-7-9-19-12-13)17-11-14-5-3-4-6-16(14)20-17/h3-7,9,12,15,17-18H,2,8,10-11H2,1H3. The summed E-state index contributed by atoms with van der Waals surface area (Å²) in [4.78, 5) is 1.45. The smallest absolute Gasteiger partial charge is 0.0935 e. The summed E-state index contributed by atoms with van der Waals surface area (Å²) in [5, 5.41) is 4.34. The first-order chi connectivity index (χ1) is 9.86. The van der Waals surface area contributed by atoms with Gasteiger partial charge in [-0.25, -0.2) is 0 Å². The third-order valence-electron chi connectivity index (χ3n) is 3.81. The van der Waals surface area contributed by atoms with Crippen LogP contribution in [0.15, 0.2) is 52.2 Å². The number of nitrogens with one attached hydrogen (secondary N) is 1. The summed E-state index contributed by atoms with van der Waals surface area (Å²) < 4.78 is 5.21. The fourth-order valence-corrected chi connectivity index (χ4v) is 4.17. The molecule has 3 rings (SSSR count). The summed E-state index contributed by atoms with van der Waals surface area (Å²) in [6, 6.07) is 11.4. The van der Waals surface area contributed by atoms with Gasteiger partial charge in [0, 0.05) is 16.2 Å². The first-order valence-electron chi connectivity index (χ1n) is 7.36. The van der Waals surface area contributed by atoms with Crippen molar-refractivity contribution in [3.8, 4) is 0 Å². The molecule has 1 aliphatic heterocycles. The number of benzene rings is 1. The monoisotopic (exact) mass is 287 g/mol. The maximum Gasteiger partial charge on any atom is 0.0935 e. The first-order valence-corrected chi connectivity index (χ1v) is 8.24. The minimum atomic E-state index is 0.505. The molecule has 2 atom stereocenters. The lowest BCUT2D eigenvalue weighted by Crippen LogP contribution is -2.40. The molecule has 1 N–H and O–H groups in total. The molecule has 1 aromatic heterocycles. The van der Waals surface area contributed by atoms with Crippen LogP contribution in [0.3, 0.4) is 0 Å². The highest BCUT2D eigenvalue weighted by Crippen LogP contribution is 2.38. The molecule has 20 heavy (non-hydrogen) atoms. The lowest BCUT2D eigenvalue weighted by molar-refractivity contribution is 0.487. The molecular formula is C17H21NOS. The van der Waals surface area contributed by atoms with E-state index in [2.05, 4.69) is 42.6 Å². The molecule has 2 nitrogen and oxygen atoms in total. The predicted molar refractivity (Wildman–Crippen MR) is 84.3 cm³/mol. The van der Waals surface area contributed by atoms with Crippen molar-refractivity contribution in [1.29, 1.82) is 0 Å². The minimum Gasteiger partial charge on any atom is -0.472 e. The van der Waals surface area contributed by atoms with Gasteiger partial charge in [0.2, 0.25) is 0 Å². The van der Waals surface area contributed by atoms with E-state index in [1.165, 1.54) is 28.9 Å². The van der Waals surface area contributed by atoms with Gasteiger partial charge in [0.25, 0.3) is 0 Å². The Labute approximate surface area is 125 Å². The Morgan fingerprint density at radius 3 is 3.00 bits per heavy atom. The van der Waals surface area contributed by atoms with Crippen molar-refractivity contribution >= 4 is 11.8 Å². The van der Waals surface area contributed by atoms with Gasteiger partial charge in [-0.3, -0.25) is 0 Å². The average Bonchev–Trinajstić information content (AvgIpc) is 3.12. The van der Waals surface area contributed by atoms with E-state index in [0.717, 1.165) is 13.0 Å². The van der Waals surface area contributed by atoms with E-state index in [9.17, 15) is 0 Å². The molecule has 1 aromatic carbocycles. The van der Waals surface area contributed by atoms with Gasteiger partial charge in [-0.2, -0.15) is 0 Å². The fourth-order valence-electron chi connectivity index (χ4n) is 2.76. The number of rotatable bonds is 6. The van der Waals surface area contributed by atoms with Crippen LogP contribution in [0, 0.1) is 0 Å². The molecule has 0 spiro atoms. The Hall–Kier alpha value is -1.19. The molecule has 1 aliphatic rings. The molecule has 0 amide bonds. The van der Waals surface area contributed by atoms with Crippen LogP contribution in [-0.4, -0.2) is 17.8 Å². The minimum absolute atomic E-state index is 0.505. The van der Waals surface area contributed by atoms with E-state index in [0.29, 0.717) is 11.3 Å². The largest absolute Gasteiger partial charge is 0.472 e. The normalized spacial score (nSPS) is 18.9. The molecule has 0 saturated heterocycles. The summed E-state index contributed by atoms with van der Waals surface area (Å²) in [5.74, 6) is 0. The first kappa shape index (κ1) is 13.8. The number of furan rings is 1. The molecule has 2 unspecified atom stereocenters. The maximum absolute atomic E-state index is 5.21. The zero-order valence-electron chi connectivity index (χ0n) is 11.8. The number of fused-ring (bicyclic) bond motifs is 1. The van der Waals surface area contributed by atoms with Gasteiger partial charge in [0.15, 0.2) is 0 Å². The SMILES string of the molecule is CCCNC(Cc1ccoc1)C1Cc2ccccc2S1. The zero-order chi connectivity index (χ0) is 13.8. The Kier molecular flexibility index (Phi) is 4.48. The van der Waals surface area contributed by atoms with Crippen molar-refractivity contribution in [3.05, 3.63) is 54.0 Å². The third kappa shape index (κ3) is 3.10. The molecule has 0 aliphatic carbocycles. The van der Waals surface area contributed by atoms with Gasteiger partial charge in [-0.05, 0) is 49.1 Å². The summed E-state index contributed by atoms with van der Waals surface area (Å²) in [7, 11) is 0. The molecule has 2 heterocycles. The van der Waals surface area contributed by atoms with Crippen LogP contribution >= 0.6 is 11.8 Å². The van der Waals surface area contributed by atoms with Crippen LogP contribution in [0.2, 0.25) is 0 Å². The molecule has 0 fully saturated rings. The van der Waals surface area contributed by atoms with Gasteiger partial charge in [-0.15, -0.1) is 11.8 Å². The second kappa shape index (κ2) is 6.51.